The van der Waals surface area contributed by atoms with Gasteiger partial charge in [0, 0.05) is 6.20 Å². The number of rotatable bonds is 5. The molecule has 0 radical (unpaired) electrons. The first-order chi connectivity index (χ1) is 7.46. The smallest absolute Gasteiger partial charge is 0.300 e. The lowest BCUT2D eigenvalue weighted by Gasteiger charge is -2.04. The SMILES string of the molecule is CCCCCc1cc[nH]c(=O)c1S(=O)(=O)O. The summed E-state index contributed by atoms with van der Waals surface area (Å²) < 4.78 is 31.0. The molecule has 1 rings (SSSR count). The van der Waals surface area contributed by atoms with Gasteiger partial charge >= 0.3 is 0 Å². The Morgan fingerprint density at radius 1 is 1.38 bits per heavy atom. The minimum Gasteiger partial charge on any atom is -0.328 e. The molecule has 6 heteroatoms. The number of hydrogen-bond acceptors (Lipinski definition) is 3. The average molecular weight is 245 g/mol. The Hall–Kier alpha value is -1.14. The molecule has 0 spiro atoms. The molecular formula is C10H15NO4S. The molecule has 90 valence electrons. The van der Waals surface area contributed by atoms with E-state index in [9.17, 15) is 13.2 Å². The van der Waals surface area contributed by atoms with E-state index in [1.54, 1.807) is 0 Å². The number of H-pyrrole nitrogens is 1. The standard InChI is InChI=1S/C10H15NO4S/c1-2-3-4-5-8-6-7-11-10(12)9(8)16(13,14)15/h6-7H,2-5H2,1H3,(H,11,12)(H,13,14,15). The first kappa shape index (κ1) is 12.9. The van der Waals surface area contributed by atoms with Gasteiger partial charge in [-0.2, -0.15) is 8.42 Å². The van der Waals surface area contributed by atoms with Crippen LogP contribution in [0.5, 0.6) is 0 Å². The van der Waals surface area contributed by atoms with Gasteiger partial charge in [-0.05, 0) is 24.5 Å². The van der Waals surface area contributed by atoms with Crippen molar-refractivity contribution in [2.45, 2.75) is 37.5 Å². The Morgan fingerprint density at radius 3 is 2.62 bits per heavy atom. The van der Waals surface area contributed by atoms with Crippen LogP contribution in [0.25, 0.3) is 0 Å². The zero-order valence-electron chi connectivity index (χ0n) is 9.06. The van der Waals surface area contributed by atoms with Gasteiger partial charge in [-0.25, -0.2) is 0 Å². The van der Waals surface area contributed by atoms with Gasteiger partial charge in [0.2, 0.25) is 0 Å². The van der Waals surface area contributed by atoms with Gasteiger partial charge in [-0.3, -0.25) is 9.35 Å². The highest BCUT2D eigenvalue weighted by Gasteiger charge is 2.19. The summed E-state index contributed by atoms with van der Waals surface area (Å²) >= 11 is 0. The third-order valence-electron chi connectivity index (χ3n) is 2.30. The Balaban J connectivity index is 3.10. The van der Waals surface area contributed by atoms with Crippen LogP contribution in [0.4, 0.5) is 0 Å². The molecule has 16 heavy (non-hydrogen) atoms. The zero-order valence-corrected chi connectivity index (χ0v) is 9.88. The van der Waals surface area contributed by atoms with Crippen LogP contribution >= 0.6 is 0 Å². The fraction of sp³-hybridized carbons (Fsp3) is 0.500. The third kappa shape index (κ3) is 3.18. The molecule has 1 aromatic heterocycles. The molecule has 0 atom stereocenters. The summed E-state index contributed by atoms with van der Waals surface area (Å²) in [6, 6.07) is 1.51. The third-order valence-corrected chi connectivity index (χ3v) is 3.27. The van der Waals surface area contributed by atoms with Crippen LogP contribution in [0.3, 0.4) is 0 Å². The second-order valence-corrected chi connectivity index (χ2v) is 4.95. The van der Waals surface area contributed by atoms with E-state index in [1.165, 1.54) is 12.3 Å². The number of aryl methyl sites for hydroxylation is 1. The van der Waals surface area contributed by atoms with Gasteiger partial charge in [-0.1, -0.05) is 19.8 Å². The van der Waals surface area contributed by atoms with Crippen molar-refractivity contribution in [2.75, 3.05) is 0 Å². The Bertz CT molecular complexity index is 504. The number of aromatic amines is 1. The number of aromatic nitrogens is 1. The summed E-state index contributed by atoms with van der Waals surface area (Å²) in [5.41, 5.74) is -0.392. The van der Waals surface area contributed by atoms with E-state index < -0.39 is 20.6 Å². The normalized spacial score (nSPS) is 11.6. The van der Waals surface area contributed by atoms with Crippen molar-refractivity contribution in [1.29, 1.82) is 0 Å². The van der Waals surface area contributed by atoms with Crippen molar-refractivity contribution in [3.05, 3.63) is 28.2 Å². The van der Waals surface area contributed by atoms with E-state index in [0.717, 1.165) is 19.3 Å². The molecule has 0 unspecified atom stereocenters. The summed E-state index contributed by atoms with van der Waals surface area (Å²) in [4.78, 5) is 13.0. The van der Waals surface area contributed by atoms with Gasteiger partial charge in [-0.15, -0.1) is 0 Å². The molecule has 0 aliphatic carbocycles. The largest absolute Gasteiger partial charge is 0.328 e. The maximum atomic E-state index is 11.3. The molecule has 0 aromatic carbocycles. The van der Waals surface area contributed by atoms with Crippen molar-refractivity contribution < 1.29 is 13.0 Å². The van der Waals surface area contributed by atoms with E-state index in [2.05, 4.69) is 4.98 Å². The fourth-order valence-corrected chi connectivity index (χ4v) is 2.34. The predicted octanol–water partition coefficient (Wildman–Crippen LogP) is 1.35. The summed E-state index contributed by atoms with van der Waals surface area (Å²) in [5, 5.41) is 0. The molecule has 0 amide bonds. The first-order valence-corrected chi connectivity index (χ1v) is 6.59. The molecule has 1 aromatic rings. The van der Waals surface area contributed by atoms with E-state index in [0.29, 0.717) is 12.0 Å². The van der Waals surface area contributed by atoms with Crippen molar-refractivity contribution >= 4 is 10.1 Å². The predicted molar refractivity (Wildman–Crippen MR) is 60.1 cm³/mol. The lowest BCUT2D eigenvalue weighted by molar-refractivity contribution is 0.480. The zero-order chi connectivity index (χ0) is 12.2. The highest BCUT2D eigenvalue weighted by molar-refractivity contribution is 7.85. The maximum Gasteiger partial charge on any atom is 0.300 e. The van der Waals surface area contributed by atoms with Crippen LogP contribution < -0.4 is 5.56 Å². The van der Waals surface area contributed by atoms with Crippen LogP contribution in [0.15, 0.2) is 22.0 Å². The second-order valence-electron chi connectivity index (χ2n) is 3.59. The number of nitrogens with one attached hydrogen (secondary N) is 1. The Labute approximate surface area is 94.3 Å². The molecule has 0 saturated carbocycles. The summed E-state index contributed by atoms with van der Waals surface area (Å²) in [7, 11) is -4.45. The molecule has 0 bridgehead atoms. The summed E-state index contributed by atoms with van der Waals surface area (Å²) in [5.74, 6) is 0. The highest BCUT2D eigenvalue weighted by atomic mass is 32.2. The minimum absolute atomic E-state index is 0.375. The molecule has 5 nitrogen and oxygen atoms in total. The van der Waals surface area contributed by atoms with Gasteiger partial charge in [0.25, 0.3) is 15.7 Å². The quantitative estimate of drug-likeness (QED) is 0.605. The molecular weight excluding hydrogens is 230 g/mol. The number of hydrogen-bond donors (Lipinski definition) is 2. The van der Waals surface area contributed by atoms with Crippen LogP contribution in [0, 0.1) is 0 Å². The van der Waals surface area contributed by atoms with Crippen molar-refractivity contribution in [3.63, 3.8) is 0 Å². The number of unbranched alkanes of at least 4 members (excludes halogenated alkanes) is 2. The van der Waals surface area contributed by atoms with Gasteiger partial charge in [0.05, 0.1) is 0 Å². The van der Waals surface area contributed by atoms with Gasteiger partial charge in [0.1, 0.15) is 0 Å². The van der Waals surface area contributed by atoms with Crippen LogP contribution in [-0.2, 0) is 16.5 Å². The fourth-order valence-electron chi connectivity index (χ4n) is 1.55. The number of pyridine rings is 1. The van der Waals surface area contributed by atoms with Crippen molar-refractivity contribution in [3.8, 4) is 0 Å². The Morgan fingerprint density at radius 2 is 2.06 bits per heavy atom. The van der Waals surface area contributed by atoms with E-state index >= 15 is 0 Å². The molecule has 0 saturated heterocycles. The molecule has 0 fully saturated rings. The molecule has 2 N–H and O–H groups in total. The maximum absolute atomic E-state index is 11.3. The van der Waals surface area contributed by atoms with Crippen LogP contribution in [0.2, 0.25) is 0 Å². The molecule has 0 aliphatic heterocycles. The first-order valence-electron chi connectivity index (χ1n) is 5.15. The molecule has 0 aliphatic rings. The van der Waals surface area contributed by atoms with Crippen molar-refractivity contribution in [2.24, 2.45) is 0 Å². The second kappa shape index (κ2) is 5.27. The highest BCUT2D eigenvalue weighted by Crippen LogP contribution is 2.13. The average Bonchev–Trinajstić information content (AvgIpc) is 2.16. The van der Waals surface area contributed by atoms with Gasteiger partial charge in [0.15, 0.2) is 4.90 Å². The summed E-state index contributed by atoms with van der Waals surface area (Å²) in [6.45, 7) is 2.03. The monoisotopic (exact) mass is 245 g/mol. The Kier molecular flexibility index (Phi) is 4.26. The lowest BCUT2D eigenvalue weighted by atomic mass is 10.1. The van der Waals surface area contributed by atoms with E-state index in [4.69, 9.17) is 4.55 Å². The van der Waals surface area contributed by atoms with Crippen LogP contribution in [0.1, 0.15) is 31.7 Å². The minimum atomic E-state index is -4.45. The topological polar surface area (TPSA) is 87.2 Å². The van der Waals surface area contributed by atoms with Gasteiger partial charge < -0.3 is 4.98 Å². The molecule has 1 heterocycles. The lowest BCUT2D eigenvalue weighted by Crippen LogP contribution is -2.19. The summed E-state index contributed by atoms with van der Waals surface area (Å²) in [6.07, 6.45) is 4.62. The van der Waals surface area contributed by atoms with E-state index in [-0.39, 0.29) is 0 Å². The van der Waals surface area contributed by atoms with Crippen LogP contribution in [-0.4, -0.2) is 18.0 Å². The van der Waals surface area contributed by atoms with Crippen molar-refractivity contribution in [1.82, 2.24) is 4.98 Å². The van der Waals surface area contributed by atoms with E-state index in [1.807, 2.05) is 6.92 Å².